The molecule has 0 unspecified atom stereocenters. The molecule has 1 aliphatic carbocycles. The number of non-ortho nitro benzene ring substituents is 1. The maximum Gasteiger partial charge on any atom is 0.308 e. The minimum Gasteiger partial charge on any atom is -0.496 e. The summed E-state index contributed by atoms with van der Waals surface area (Å²) < 4.78 is 15.2. The molecule has 114 valence electrons. The van der Waals surface area contributed by atoms with Gasteiger partial charge in [-0.05, 0) is 18.8 Å². The Morgan fingerprint density at radius 1 is 1.29 bits per heavy atom. The van der Waals surface area contributed by atoms with E-state index in [9.17, 15) is 14.9 Å². The van der Waals surface area contributed by atoms with Crippen molar-refractivity contribution >= 4 is 11.7 Å². The van der Waals surface area contributed by atoms with Gasteiger partial charge in [0.1, 0.15) is 11.5 Å². The van der Waals surface area contributed by atoms with Crippen molar-refractivity contribution in [3.05, 3.63) is 28.3 Å². The molecule has 0 bridgehead atoms. The number of carbonyl (C=O) groups is 1. The summed E-state index contributed by atoms with van der Waals surface area (Å²) in [5.74, 6) is 0.786. The van der Waals surface area contributed by atoms with Crippen LogP contribution in [0.3, 0.4) is 0 Å². The predicted octanol–water partition coefficient (Wildman–Crippen LogP) is 2.18. The molecule has 0 aromatic heterocycles. The maximum absolute atomic E-state index is 11.3. The zero-order valence-electron chi connectivity index (χ0n) is 11.9. The van der Waals surface area contributed by atoms with E-state index in [1.54, 1.807) is 6.07 Å². The molecule has 7 nitrogen and oxygen atoms in total. The second-order valence-corrected chi connectivity index (χ2v) is 4.99. The number of hydrogen-bond acceptors (Lipinski definition) is 6. The zero-order valence-corrected chi connectivity index (χ0v) is 11.9. The van der Waals surface area contributed by atoms with Gasteiger partial charge in [-0.1, -0.05) is 0 Å². The van der Waals surface area contributed by atoms with Crippen molar-refractivity contribution in [3.63, 3.8) is 0 Å². The molecule has 0 atom stereocenters. The van der Waals surface area contributed by atoms with E-state index in [4.69, 9.17) is 9.47 Å². The van der Waals surface area contributed by atoms with Crippen LogP contribution in [0.1, 0.15) is 12.8 Å². The molecule has 0 aliphatic heterocycles. The second-order valence-electron chi connectivity index (χ2n) is 4.99. The summed E-state index contributed by atoms with van der Waals surface area (Å²) in [5, 5.41) is 10.8. The van der Waals surface area contributed by atoms with Gasteiger partial charge in [-0.25, -0.2) is 0 Å². The van der Waals surface area contributed by atoms with Gasteiger partial charge in [-0.2, -0.15) is 0 Å². The molecule has 1 fully saturated rings. The van der Waals surface area contributed by atoms with Crippen molar-refractivity contribution in [2.75, 3.05) is 20.8 Å². The summed E-state index contributed by atoms with van der Waals surface area (Å²) in [4.78, 5) is 21.6. The first-order valence-corrected chi connectivity index (χ1v) is 6.57. The first-order valence-electron chi connectivity index (χ1n) is 6.57. The quantitative estimate of drug-likeness (QED) is 0.454. The highest BCUT2D eigenvalue weighted by molar-refractivity contribution is 5.73. The summed E-state index contributed by atoms with van der Waals surface area (Å²) in [6.07, 6.45) is 1.44. The maximum atomic E-state index is 11.3. The second kappa shape index (κ2) is 6.43. The van der Waals surface area contributed by atoms with Crippen molar-refractivity contribution < 1.29 is 23.9 Å². The van der Waals surface area contributed by atoms with E-state index in [1.165, 1.54) is 26.4 Å². The van der Waals surface area contributed by atoms with Gasteiger partial charge in [-0.3, -0.25) is 14.9 Å². The molecule has 1 aromatic rings. The van der Waals surface area contributed by atoms with Crippen molar-refractivity contribution in [1.82, 2.24) is 0 Å². The number of nitrogens with zero attached hydrogens (tertiary/aromatic N) is 1. The molecule has 0 radical (unpaired) electrons. The third-order valence-electron chi connectivity index (χ3n) is 3.57. The van der Waals surface area contributed by atoms with Gasteiger partial charge in [0.15, 0.2) is 0 Å². The highest BCUT2D eigenvalue weighted by atomic mass is 16.6. The van der Waals surface area contributed by atoms with Crippen LogP contribution >= 0.6 is 0 Å². The molecule has 0 amide bonds. The van der Waals surface area contributed by atoms with Gasteiger partial charge in [-0.15, -0.1) is 0 Å². The number of methoxy groups -OCH3 is 2. The number of ether oxygens (including phenoxy) is 3. The lowest BCUT2D eigenvalue weighted by molar-refractivity contribution is -0.385. The monoisotopic (exact) mass is 295 g/mol. The molecule has 2 rings (SSSR count). The minimum atomic E-state index is -0.494. The van der Waals surface area contributed by atoms with Crippen LogP contribution in [-0.2, 0) is 9.53 Å². The average Bonchev–Trinajstić information content (AvgIpc) is 2.44. The first-order chi connectivity index (χ1) is 10.0. The normalized spacial score (nSPS) is 20.3. The highest BCUT2D eigenvalue weighted by Crippen LogP contribution is 2.35. The lowest BCUT2D eigenvalue weighted by Gasteiger charge is -2.32. The number of rotatable bonds is 6. The molecule has 0 spiro atoms. The Labute approximate surface area is 122 Å². The van der Waals surface area contributed by atoms with Crippen LogP contribution in [0, 0.1) is 22.0 Å². The Hall–Kier alpha value is -2.31. The van der Waals surface area contributed by atoms with E-state index in [1.807, 2.05) is 0 Å². The molecule has 21 heavy (non-hydrogen) atoms. The van der Waals surface area contributed by atoms with E-state index in [-0.39, 0.29) is 23.5 Å². The van der Waals surface area contributed by atoms with Crippen molar-refractivity contribution in [3.8, 4) is 11.5 Å². The standard InChI is InChI=1S/C14H17NO6/c1-19-12-5-11(15(17)18)6-13(7-12)21-8-9-3-10(4-9)14(16)20-2/h5-7,9-10H,3-4,8H2,1-2H3/t9-,10+. The number of hydrogen-bond donors (Lipinski definition) is 0. The number of esters is 1. The molecule has 0 heterocycles. The first kappa shape index (κ1) is 15.1. The van der Waals surface area contributed by atoms with Crippen molar-refractivity contribution in [1.29, 1.82) is 0 Å². The van der Waals surface area contributed by atoms with Gasteiger partial charge in [0.05, 0.1) is 43.8 Å². The van der Waals surface area contributed by atoms with E-state index in [0.29, 0.717) is 18.1 Å². The molecule has 1 saturated carbocycles. The van der Waals surface area contributed by atoms with Crippen LogP contribution in [0.15, 0.2) is 18.2 Å². The predicted molar refractivity (Wildman–Crippen MR) is 73.4 cm³/mol. The highest BCUT2D eigenvalue weighted by Gasteiger charge is 2.35. The van der Waals surface area contributed by atoms with Gasteiger partial charge in [0, 0.05) is 6.07 Å². The van der Waals surface area contributed by atoms with Gasteiger partial charge >= 0.3 is 5.97 Å². The molecular weight excluding hydrogens is 278 g/mol. The Balaban J connectivity index is 1.91. The lowest BCUT2D eigenvalue weighted by atomic mass is 9.75. The topological polar surface area (TPSA) is 87.9 Å². The zero-order chi connectivity index (χ0) is 15.4. The molecule has 0 N–H and O–H groups in total. The molecule has 1 aromatic carbocycles. The third-order valence-corrected chi connectivity index (χ3v) is 3.57. The lowest BCUT2D eigenvalue weighted by Crippen LogP contribution is -2.34. The molecular formula is C14H17NO6. The third kappa shape index (κ3) is 3.62. The Bertz CT molecular complexity index is 538. The average molecular weight is 295 g/mol. The summed E-state index contributed by atoms with van der Waals surface area (Å²) in [6, 6.07) is 4.30. The Kier molecular flexibility index (Phi) is 4.62. The number of nitro groups is 1. The number of benzene rings is 1. The number of nitro benzene ring substituents is 1. The Morgan fingerprint density at radius 2 is 1.95 bits per heavy atom. The molecule has 1 aliphatic rings. The van der Waals surface area contributed by atoms with Crippen LogP contribution in [0.5, 0.6) is 11.5 Å². The summed E-state index contributed by atoms with van der Waals surface area (Å²) in [6.45, 7) is 0.415. The van der Waals surface area contributed by atoms with E-state index >= 15 is 0 Å². The van der Waals surface area contributed by atoms with Crippen molar-refractivity contribution in [2.45, 2.75) is 12.8 Å². The smallest absolute Gasteiger partial charge is 0.308 e. The molecule has 0 saturated heterocycles. The van der Waals surface area contributed by atoms with Crippen LogP contribution in [0.25, 0.3) is 0 Å². The van der Waals surface area contributed by atoms with E-state index in [2.05, 4.69) is 4.74 Å². The molecule has 7 heteroatoms. The van der Waals surface area contributed by atoms with Gasteiger partial charge < -0.3 is 14.2 Å². The largest absolute Gasteiger partial charge is 0.496 e. The van der Waals surface area contributed by atoms with Gasteiger partial charge in [0.25, 0.3) is 5.69 Å². The van der Waals surface area contributed by atoms with Crippen LogP contribution in [-0.4, -0.2) is 31.7 Å². The fourth-order valence-corrected chi connectivity index (χ4v) is 2.31. The minimum absolute atomic E-state index is 0.0526. The fraction of sp³-hybridized carbons (Fsp3) is 0.500. The van der Waals surface area contributed by atoms with Gasteiger partial charge in [0.2, 0.25) is 0 Å². The number of carbonyl (C=O) groups excluding carboxylic acids is 1. The van der Waals surface area contributed by atoms with Crippen LogP contribution in [0.4, 0.5) is 5.69 Å². The Morgan fingerprint density at radius 3 is 2.52 bits per heavy atom. The van der Waals surface area contributed by atoms with Crippen LogP contribution in [0.2, 0.25) is 0 Å². The summed E-state index contributed by atoms with van der Waals surface area (Å²) >= 11 is 0. The van der Waals surface area contributed by atoms with Crippen LogP contribution < -0.4 is 9.47 Å². The SMILES string of the molecule is COc1cc(OC[C@H]2C[C@@H](C(=O)OC)C2)cc([N+](=O)[O-])c1. The summed E-state index contributed by atoms with van der Waals surface area (Å²) in [5.41, 5.74) is -0.0783. The fourth-order valence-electron chi connectivity index (χ4n) is 2.31. The van der Waals surface area contributed by atoms with E-state index in [0.717, 1.165) is 12.8 Å². The van der Waals surface area contributed by atoms with Crippen molar-refractivity contribution in [2.24, 2.45) is 11.8 Å². The summed E-state index contributed by atoms with van der Waals surface area (Å²) in [7, 11) is 2.82. The van der Waals surface area contributed by atoms with E-state index < -0.39 is 4.92 Å².